The van der Waals surface area contributed by atoms with E-state index in [0.717, 1.165) is 0 Å². The van der Waals surface area contributed by atoms with Crippen molar-refractivity contribution < 1.29 is 150 Å². The van der Waals surface area contributed by atoms with E-state index in [1.165, 1.54) is 0 Å². The normalized spacial score (nSPS) is 15.4. The van der Waals surface area contributed by atoms with E-state index >= 15 is 70.6 Å². The molecule has 4 nitrogen and oxygen atoms in total. The number of ether oxygens (including phenoxy) is 1. The molecule has 36 heteroatoms. The minimum atomic E-state index is -9.62. The third-order valence-electron chi connectivity index (χ3n) is 10.9. The Bertz CT molecular complexity index is 2630. The van der Waals surface area contributed by atoms with Gasteiger partial charge in [-0.05, 0) is 0 Å². The lowest BCUT2D eigenvalue weighted by molar-refractivity contribution is -0.455. The second-order valence-corrected chi connectivity index (χ2v) is 21.6. The van der Waals surface area contributed by atoms with Crippen molar-refractivity contribution in [2.24, 2.45) is 0 Å². The second kappa shape index (κ2) is 18.7. The zero-order chi connectivity index (χ0) is 59.2. The summed E-state index contributed by atoms with van der Waals surface area (Å²) in [6.45, 7) is 0. The number of carbonyl (C=O) groups excluding carboxylic acids is 1. The highest BCUT2D eigenvalue weighted by atomic mass is 31.2. The molecule has 0 saturated heterocycles. The maximum absolute atomic E-state index is 18.2. The first kappa shape index (κ1) is 63.2. The molecule has 0 radical (unpaired) electrons. The molecule has 0 fully saturated rings. The lowest BCUT2D eigenvalue weighted by Crippen LogP contribution is -2.77. The van der Waals surface area contributed by atoms with Gasteiger partial charge in [-0.1, -0.05) is 121 Å². The van der Waals surface area contributed by atoms with Crippen molar-refractivity contribution in [1.82, 2.24) is 0 Å². The van der Waals surface area contributed by atoms with E-state index in [1.807, 2.05) is 0 Å². The summed E-state index contributed by atoms with van der Waals surface area (Å²) in [6, 6.07) is 3.12. The first-order valence-electron chi connectivity index (χ1n) is 19.1. The molecule has 4 aromatic rings. The van der Waals surface area contributed by atoms with Gasteiger partial charge in [0.05, 0.1) is 0 Å². The minimum absolute atomic E-state index is 0.153. The highest BCUT2D eigenvalue weighted by molar-refractivity contribution is 7.96. The number of hydrogen-bond donors (Lipinski definition) is 0. The van der Waals surface area contributed by atoms with Gasteiger partial charge >= 0.3 is 89.4 Å². The molecule has 4 aromatic carbocycles. The van der Waals surface area contributed by atoms with Crippen LogP contribution in [0.15, 0.2) is 121 Å². The van der Waals surface area contributed by atoms with Gasteiger partial charge < -0.3 is 13.9 Å². The van der Waals surface area contributed by atoms with Crippen LogP contribution in [0.3, 0.4) is 0 Å². The van der Waals surface area contributed by atoms with Crippen molar-refractivity contribution in [3.8, 4) is 0 Å². The number of carbonyl (C=O) groups is 1. The monoisotopic (exact) mass is 1200 g/mol. The molecule has 0 amide bonds. The van der Waals surface area contributed by atoms with E-state index < -0.39 is 130 Å². The Hall–Kier alpha value is -5.29. The molecular weight excluding hydrogens is 1180 g/mol. The molecule has 0 unspecified atom stereocenters. The predicted octanol–water partition coefficient (Wildman–Crippen LogP) is 14.0. The highest BCUT2D eigenvalue weighted by Crippen LogP contribution is 2.82. The number of hydrogen-bond acceptors (Lipinski definition) is 4. The Morgan fingerprint density at radius 2 is 0.461 bits per heavy atom. The summed E-state index contributed by atoms with van der Waals surface area (Å²) in [5.41, 5.74) is 0. The van der Waals surface area contributed by atoms with Gasteiger partial charge in [-0.2, -0.15) is 132 Å². The third-order valence-corrected chi connectivity index (χ3v) is 19.1. The van der Waals surface area contributed by atoms with Crippen molar-refractivity contribution in [3.63, 3.8) is 0 Å². The zero-order valence-electron chi connectivity index (χ0n) is 35.4. The molecule has 0 saturated carbocycles. The molecular formula is C40H20F30O4P2. The molecule has 0 heterocycles. The molecule has 424 valence electrons. The quantitative estimate of drug-likeness (QED) is 0.0533. The van der Waals surface area contributed by atoms with Crippen molar-refractivity contribution in [2.45, 2.75) is 88.5 Å². The van der Waals surface area contributed by atoms with Crippen LogP contribution in [0.1, 0.15) is 0 Å². The van der Waals surface area contributed by atoms with Crippen LogP contribution in [0, 0.1) is 0 Å². The summed E-state index contributed by atoms with van der Waals surface area (Å²) in [5.74, 6) is -117. The van der Waals surface area contributed by atoms with Crippen LogP contribution in [0.25, 0.3) is 0 Å². The van der Waals surface area contributed by atoms with Gasteiger partial charge in [0.25, 0.3) is 5.08 Å². The molecule has 76 heavy (non-hydrogen) atoms. The molecule has 0 aliphatic carbocycles. The fourth-order valence-corrected chi connectivity index (χ4v) is 15.6. The molecule has 4 rings (SSSR count). The Balaban J connectivity index is 2.46. The predicted molar refractivity (Wildman–Crippen MR) is 200 cm³/mol. The third kappa shape index (κ3) is 8.14. The lowest BCUT2D eigenvalue weighted by Gasteiger charge is -2.52. The van der Waals surface area contributed by atoms with Gasteiger partial charge in [-0.25, -0.2) is 4.79 Å². The smallest absolute Gasteiger partial charge is 0.430 e. The van der Waals surface area contributed by atoms with Crippen molar-refractivity contribution in [3.05, 3.63) is 121 Å². The molecule has 0 aliphatic heterocycles. The van der Waals surface area contributed by atoms with Gasteiger partial charge in [0.1, 0.15) is 0 Å². The first-order valence-corrected chi connectivity index (χ1v) is 22.5. The molecule has 0 atom stereocenters. The maximum Gasteiger partial charge on any atom is 0.460 e. The fraction of sp³-hybridized carbons (Fsp3) is 0.375. The molecule has 0 bridgehead atoms. The first-order chi connectivity index (χ1) is 33.8. The summed E-state index contributed by atoms with van der Waals surface area (Å²) in [4.78, 5) is 13.7. The zero-order valence-corrected chi connectivity index (χ0v) is 37.2. The van der Waals surface area contributed by atoms with Crippen LogP contribution >= 0.6 is 14.3 Å². The van der Waals surface area contributed by atoms with E-state index in [0.29, 0.717) is 24.3 Å². The van der Waals surface area contributed by atoms with Crippen molar-refractivity contribution in [2.75, 3.05) is 0 Å². The van der Waals surface area contributed by atoms with Gasteiger partial charge in [0, 0.05) is 21.2 Å². The summed E-state index contributed by atoms with van der Waals surface area (Å²) in [7, 11) is -16.3. The van der Waals surface area contributed by atoms with Crippen LogP contribution < -0.4 is 21.2 Å². The Morgan fingerprint density at radius 3 is 0.671 bits per heavy atom. The minimum Gasteiger partial charge on any atom is -0.430 e. The second-order valence-electron chi connectivity index (χ2n) is 15.4. The lowest BCUT2D eigenvalue weighted by atomic mass is 9.90. The maximum atomic E-state index is 18.2. The summed E-state index contributed by atoms with van der Waals surface area (Å²) in [5, 5.41) is -16.2. The number of benzene rings is 4. The van der Waals surface area contributed by atoms with Gasteiger partial charge in [-0.3, -0.25) is 0 Å². The standard InChI is InChI=1S/C40H20F30O4P2/c41-26(42,27(43,44)28(45,46)29(47,48)32(53,54)35(59,60)38(65,66)67)25(71)74-40(75(72,21-13-5-1-6-14-21)22-15-7-2-8-16-22,76(73,23-17-9-3-10-18-23)24-19-11-4-12-20-24)37(63,64)34(57,58)31(51,52)30(49,50)33(55,56)36(61,62)39(68,69)70/h1-20H. The number of alkyl halides is 30. The summed E-state index contributed by atoms with van der Waals surface area (Å²) < 4.78 is 482. The number of esters is 1. The Morgan fingerprint density at radius 1 is 0.276 bits per heavy atom. The van der Waals surface area contributed by atoms with Crippen LogP contribution in [-0.4, -0.2) is 94.5 Å². The van der Waals surface area contributed by atoms with E-state index in [1.54, 1.807) is 0 Å². The topological polar surface area (TPSA) is 60.4 Å². The van der Waals surface area contributed by atoms with Crippen LogP contribution in [0.2, 0.25) is 0 Å². The van der Waals surface area contributed by atoms with E-state index in [2.05, 4.69) is 4.74 Å². The number of halogens is 30. The van der Waals surface area contributed by atoms with Crippen LogP contribution in [0.4, 0.5) is 132 Å². The number of rotatable bonds is 19. The van der Waals surface area contributed by atoms with E-state index in [9.17, 15) is 75.0 Å². The van der Waals surface area contributed by atoms with Gasteiger partial charge in [0.2, 0.25) is 0 Å². The summed E-state index contributed by atoms with van der Waals surface area (Å²) in [6.07, 6.45) is -16.6. The highest BCUT2D eigenvalue weighted by Gasteiger charge is 2.99. The van der Waals surface area contributed by atoms with Crippen molar-refractivity contribution >= 4 is 41.5 Å². The molecule has 0 N–H and O–H groups in total. The largest absolute Gasteiger partial charge is 0.460 e. The van der Waals surface area contributed by atoms with Crippen LogP contribution in [-0.2, 0) is 18.7 Å². The van der Waals surface area contributed by atoms with Crippen molar-refractivity contribution in [1.29, 1.82) is 0 Å². The van der Waals surface area contributed by atoms with E-state index in [-0.39, 0.29) is 97.1 Å². The Labute approximate surface area is 401 Å². The average molecular weight is 1200 g/mol. The van der Waals surface area contributed by atoms with Crippen LogP contribution in [0.5, 0.6) is 0 Å². The molecule has 0 aliphatic rings. The molecule has 0 aromatic heterocycles. The average Bonchev–Trinajstić information content (AvgIpc) is 3.32. The summed E-state index contributed by atoms with van der Waals surface area (Å²) >= 11 is 0. The van der Waals surface area contributed by atoms with E-state index in [4.69, 9.17) is 0 Å². The van der Waals surface area contributed by atoms with Gasteiger partial charge in [0.15, 0.2) is 14.3 Å². The molecule has 0 spiro atoms. The van der Waals surface area contributed by atoms with Gasteiger partial charge in [-0.15, -0.1) is 0 Å². The fourth-order valence-electron chi connectivity index (χ4n) is 6.80. The Kier molecular flexibility index (Phi) is 15.6. The SMILES string of the molecule is O=C(OC(C(F)(F)C(F)(F)C(F)(F)C(F)(F)C(F)(F)C(F)(F)C(F)(F)F)(P(=O)(c1ccccc1)c1ccccc1)P(=O)(c1ccccc1)c1ccccc1)C(F)(F)C(F)(F)C(F)(F)C(F)(F)C(F)(F)C(F)(F)C(F)(F)F.